The number of nitrogens with zero attached hydrogens (tertiary/aromatic N) is 3. The zero-order chi connectivity index (χ0) is 22.0. The van der Waals surface area contributed by atoms with Crippen LogP contribution in [0.5, 0.6) is 5.75 Å². The van der Waals surface area contributed by atoms with E-state index >= 15 is 0 Å². The summed E-state index contributed by atoms with van der Waals surface area (Å²) in [4.78, 5) is 15.0. The first-order valence-electron chi connectivity index (χ1n) is 9.68. The van der Waals surface area contributed by atoms with E-state index in [0.717, 1.165) is 33.8 Å². The lowest BCUT2D eigenvalue weighted by molar-refractivity contribution is -0.121. The molecule has 156 valence electrons. The zero-order valence-corrected chi connectivity index (χ0v) is 18.9. The molecule has 0 N–H and O–H groups in total. The second kappa shape index (κ2) is 8.91. The van der Waals surface area contributed by atoms with Gasteiger partial charge in [0, 0.05) is 23.9 Å². The van der Waals surface area contributed by atoms with Crippen LogP contribution in [-0.4, -0.2) is 38.6 Å². The van der Waals surface area contributed by atoms with Crippen LogP contribution in [0.3, 0.4) is 0 Å². The summed E-state index contributed by atoms with van der Waals surface area (Å²) in [6.07, 6.45) is 5.47. The summed E-state index contributed by atoms with van der Waals surface area (Å²) in [5.74, 6) is 0.706. The Hall–Kier alpha value is -3.16. The highest BCUT2D eigenvalue weighted by atomic mass is 32.2. The molecule has 1 aliphatic heterocycles. The SMILES string of the molecule is C=CCN1C(=O)C(=Cc2cn(-c3ccccc3)nc2-c2ccc(OC)c(C)c2)SC1=S. The van der Waals surface area contributed by atoms with Crippen molar-refractivity contribution in [2.24, 2.45) is 0 Å². The minimum Gasteiger partial charge on any atom is -0.496 e. The van der Waals surface area contributed by atoms with Gasteiger partial charge in [-0.15, -0.1) is 6.58 Å². The molecule has 1 fully saturated rings. The Balaban J connectivity index is 1.82. The number of benzene rings is 2. The molecule has 1 aromatic heterocycles. The normalized spacial score (nSPS) is 15.0. The van der Waals surface area contributed by atoms with Gasteiger partial charge in [-0.2, -0.15) is 5.10 Å². The van der Waals surface area contributed by atoms with Gasteiger partial charge in [-0.1, -0.05) is 48.3 Å². The molecule has 0 unspecified atom stereocenters. The maximum absolute atomic E-state index is 12.8. The van der Waals surface area contributed by atoms with Crippen LogP contribution in [-0.2, 0) is 4.79 Å². The van der Waals surface area contributed by atoms with E-state index < -0.39 is 0 Å². The van der Waals surface area contributed by atoms with Crippen LogP contribution in [0.2, 0.25) is 0 Å². The van der Waals surface area contributed by atoms with Gasteiger partial charge in [0.15, 0.2) is 0 Å². The molecule has 0 atom stereocenters. The van der Waals surface area contributed by atoms with E-state index in [4.69, 9.17) is 22.1 Å². The molecule has 3 aromatic rings. The molecule has 0 saturated carbocycles. The number of amides is 1. The van der Waals surface area contributed by atoms with Crippen molar-refractivity contribution in [3.8, 4) is 22.7 Å². The van der Waals surface area contributed by atoms with Gasteiger partial charge in [-0.25, -0.2) is 4.68 Å². The van der Waals surface area contributed by atoms with Gasteiger partial charge in [-0.05, 0) is 48.9 Å². The van der Waals surface area contributed by atoms with Gasteiger partial charge in [0.05, 0.1) is 17.7 Å². The van der Waals surface area contributed by atoms with Gasteiger partial charge < -0.3 is 4.74 Å². The molecule has 2 aromatic carbocycles. The monoisotopic (exact) mass is 447 g/mol. The van der Waals surface area contributed by atoms with Crippen molar-refractivity contribution in [2.75, 3.05) is 13.7 Å². The van der Waals surface area contributed by atoms with E-state index in [1.807, 2.05) is 72.4 Å². The summed E-state index contributed by atoms with van der Waals surface area (Å²) in [7, 11) is 1.66. The average molecular weight is 448 g/mol. The molecule has 0 spiro atoms. The van der Waals surface area contributed by atoms with Crippen LogP contribution in [0.4, 0.5) is 0 Å². The number of methoxy groups -OCH3 is 1. The predicted octanol–water partition coefficient (Wildman–Crippen LogP) is 5.24. The number of thiocarbonyl (C=S) groups is 1. The molecule has 31 heavy (non-hydrogen) atoms. The first-order chi connectivity index (χ1) is 15.0. The molecule has 5 nitrogen and oxygen atoms in total. The Morgan fingerprint density at radius 3 is 2.68 bits per heavy atom. The van der Waals surface area contributed by atoms with Crippen LogP contribution < -0.4 is 4.74 Å². The third kappa shape index (κ3) is 4.19. The summed E-state index contributed by atoms with van der Waals surface area (Å²) in [6, 6.07) is 15.8. The molecule has 4 rings (SSSR count). The molecule has 2 heterocycles. The summed E-state index contributed by atoms with van der Waals surface area (Å²) >= 11 is 6.67. The van der Waals surface area contributed by atoms with E-state index in [1.54, 1.807) is 18.1 Å². The fraction of sp³-hybridized carbons (Fsp3) is 0.125. The van der Waals surface area contributed by atoms with Gasteiger partial charge in [0.2, 0.25) is 0 Å². The minimum absolute atomic E-state index is 0.112. The number of hydrogen-bond acceptors (Lipinski definition) is 5. The van der Waals surface area contributed by atoms with Crippen molar-refractivity contribution in [3.63, 3.8) is 0 Å². The van der Waals surface area contributed by atoms with E-state index in [-0.39, 0.29) is 5.91 Å². The lowest BCUT2D eigenvalue weighted by atomic mass is 10.0. The molecule has 7 heteroatoms. The topological polar surface area (TPSA) is 47.4 Å². The first-order valence-corrected chi connectivity index (χ1v) is 10.9. The van der Waals surface area contributed by atoms with Crippen molar-refractivity contribution >= 4 is 40.3 Å². The Bertz CT molecular complexity index is 1200. The number of rotatable bonds is 6. The highest BCUT2D eigenvalue weighted by Crippen LogP contribution is 2.35. The maximum atomic E-state index is 12.8. The molecular formula is C24H21N3O2S2. The van der Waals surface area contributed by atoms with Crippen LogP contribution in [0.1, 0.15) is 11.1 Å². The second-order valence-electron chi connectivity index (χ2n) is 6.98. The van der Waals surface area contributed by atoms with Crippen molar-refractivity contribution in [1.29, 1.82) is 0 Å². The quantitative estimate of drug-likeness (QED) is 0.294. The Morgan fingerprint density at radius 1 is 1.23 bits per heavy atom. The van der Waals surface area contributed by atoms with Gasteiger partial charge in [0.25, 0.3) is 5.91 Å². The van der Waals surface area contributed by atoms with E-state index in [2.05, 4.69) is 6.58 Å². The fourth-order valence-corrected chi connectivity index (χ4v) is 4.65. The van der Waals surface area contributed by atoms with Crippen LogP contribution in [0.25, 0.3) is 23.0 Å². The number of ether oxygens (including phenoxy) is 1. The third-order valence-electron chi connectivity index (χ3n) is 4.90. The molecule has 1 saturated heterocycles. The maximum Gasteiger partial charge on any atom is 0.266 e. The predicted molar refractivity (Wildman–Crippen MR) is 130 cm³/mol. The van der Waals surface area contributed by atoms with E-state index in [0.29, 0.717) is 15.8 Å². The van der Waals surface area contributed by atoms with Crippen molar-refractivity contribution in [1.82, 2.24) is 14.7 Å². The van der Waals surface area contributed by atoms with E-state index in [9.17, 15) is 4.79 Å². The smallest absolute Gasteiger partial charge is 0.266 e. The van der Waals surface area contributed by atoms with Crippen molar-refractivity contribution in [2.45, 2.75) is 6.92 Å². The number of carbonyl (C=O) groups is 1. The highest BCUT2D eigenvalue weighted by molar-refractivity contribution is 8.26. The number of hydrogen-bond donors (Lipinski definition) is 0. The number of thioether (sulfide) groups is 1. The Labute approximate surface area is 191 Å². The van der Waals surface area contributed by atoms with Crippen molar-refractivity contribution in [3.05, 3.63) is 83.4 Å². The minimum atomic E-state index is -0.112. The fourth-order valence-electron chi connectivity index (χ4n) is 3.38. The number of carbonyl (C=O) groups excluding carboxylic acids is 1. The first kappa shape index (κ1) is 21.1. The lowest BCUT2D eigenvalue weighted by Crippen LogP contribution is -2.27. The van der Waals surface area contributed by atoms with Crippen LogP contribution >= 0.6 is 24.0 Å². The largest absolute Gasteiger partial charge is 0.496 e. The highest BCUT2D eigenvalue weighted by Gasteiger charge is 2.31. The number of aryl methyl sites for hydroxylation is 1. The summed E-state index contributed by atoms with van der Waals surface area (Å²) in [5, 5.41) is 4.84. The average Bonchev–Trinajstić information content (AvgIpc) is 3.31. The number of para-hydroxylation sites is 1. The zero-order valence-electron chi connectivity index (χ0n) is 17.2. The van der Waals surface area contributed by atoms with Crippen LogP contribution in [0.15, 0.2) is 72.3 Å². The second-order valence-corrected chi connectivity index (χ2v) is 8.65. The van der Waals surface area contributed by atoms with Gasteiger partial charge in [-0.3, -0.25) is 9.69 Å². The molecule has 0 radical (unpaired) electrons. The van der Waals surface area contributed by atoms with Crippen LogP contribution in [0, 0.1) is 6.92 Å². The van der Waals surface area contributed by atoms with Crippen molar-refractivity contribution < 1.29 is 9.53 Å². The van der Waals surface area contributed by atoms with Gasteiger partial charge >= 0.3 is 0 Å². The summed E-state index contributed by atoms with van der Waals surface area (Å²) in [6.45, 7) is 6.10. The third-order valence-corrected chi connectivity index (χ3v) is 6.28. The van der Waals surface area contributed by atoms with Gasteiger partial charge in [0.1, 0.15) is 15.8 Å². The molecule has 1 amide bonds. The lowest BCUT2D eigenvalue weighted by Gasteiger charge is -2.10. The molecule has 0 bridgehead atoms. The molecular weight excluding hydrogens is 426 g/mol. The summed E-state index contributed by atoms with van der Waals surface area (Å²) in [5.41, 5.74) is 4.52. The number of aromatic nitrogens is 2. The Kier molecular flexibility index (Phi) is 6.06. The molecule has 0 aliphatic carbocycles. The Morgan fingerprint density at radius 2 is 2.00 bits per heavy atom. The van der Waals surface area contributed by atoms with E-state index in [1.165, 1.54) is 11.8 Å². The molecule has 1 aliphatic rings. The standard InChI is InChI=1S/C24H21N3O2S2/c1-4-12-26-23(28)21(31-24(26)30)14-18-15-27(19-8-6-5-7-9-19)25-22(18)17-10-11-20(29-3)16(2)13-17/h4-11,13-15H,1,12H2,2-3H3. The summed E-state index contributed by atoms with van der Waals surface area (Å²) < 4.78 is 7.76.